The van der Waals surface area contributed by atoms with Gasteiger partial charge in [-0.25, -0.2) is 0 Å². The van der Waals surface area contributed by atoms with E-state index in [2.05, 4.69) is 0 Å². The number of rotatable bonds is 3. The first kappa shape index (κ1) is 19.4. The van der Waals surface area contributed by atoms with Crippen LogP contribution in [-0.2, 0) is 10.2 Å². The van der Waals surface area contributed by atoms with E-state index in [9.17, 15) is 24.6 Å². The highest BCUT2D eigenvalue weighted by atomic mass is 16.5. The number of imide groups is 1. The summed E-state index contributed by atoms with van der Waals surface area (Å²) in [6.45, 7) is 0.171. The number of hydrogen-bond donors (Lipinski definition) is 2. The van der Waals surface area contributed by atoms with Crippen molar-refractivity contribution < 1.29 is 29.3 Å². The lowest BCUT2D eigenvalue weighted by molar-refractivity contribution is -0.122. The summed E-state index contributed by atoms with van der Waals surface area (Å²) in [5.74, 6) is -1.36. The second-order valence-corrected chi connectivity index (χ2v) is 8.31. The second-order valence-electron chi connectivity index (χ2n) is 8.31. The molecule has 6 rings (SSSR count). The number of ether oxygens (including phenoxy) is 1. The molecule has 0 aliphatic carbocycles. The number of aromatic hydroxyl groups is 2. The summed E-state index contributed by atoms with van der Waals surface area (Å²) in [4.78, 5) is 42.1. The molecule has 2 N–H and O–H groups in total. The molecule has 0 aromatic heterocycles. The molecule has 3 aromatic carbocycles. The number of carbonyl (C=O) groups is 3. The molecule has 1 unspecified atom stereocenters. The van der Waals surface area contributed by atoms with Crippen molar-refractivity contribution in [1.82, 2.24) is 4.90 Å². The number of anilines is 1. The van der Waals surface area contributed by atoms with Gasteiger partial charge in [-0.15, -0.1) is 0 Å². The van der Waals surface area contributed by atoms with Gasteiger partial charge in [0.05, 0.1) is 11.1 Å². The smallest absolute Gasteiger partial charge is 0.261 e. The van der Waals surface area contributed by atoms with E-state index in [1.807, 2.05) is 24.3 Å². The lowest BCUT2D eigenvalue weighted by Gasteiger charge is -2.24. The van der Waals surface area contributed by atoms with Crippen LogP contribution in [0.4, 0.5) is 5.69 Å². The third kappa shape index (κ3) is 2.43. The van der Waals surface area contributed by atoms with Crippen molar-refractivity contribution in [2.75, 3.05) is 24.6 Å². The van der Waals surface area contributed by atoms with Gasteiger partial charge in [-0.2, -0.15) is 0 Å². The molecule has 0 saturated heterocycles. The fraction of sp³-hybridized carbons (Fsp3) is 0.160. The molecule has 0 radical (unpaired) electrons. The molecule has 3 aliphatic rings. The highest BCUT2D eigenvalue weighted by Gasteiger charge is 2.57. The number of benzene rings is 3. The Morgan fingerprint density at radius 3 is 2.12 bits per heavy atom. The number of carbonyl (C=O) groups excluding carboxylic acids is 3. The maximum atomic E-state index is 13.8. The number of hydrogen-bond acceptors (Lipinski definition) is 6. The maximum Gasteiger partial charge on any atom is 0.261 e. The Kier molecular flexibility index (Phi) is 3.86. The van der Waals surface area contributed by atoms with Gasteiger partial charge in [-0.3, -0.25) is 19.3 Å². The Labute approximate surface area is 188 Å². The lowest BCUT2D eigenvalue weighted by atomic mass is 9.77. The van der Waals surface area contributed by atoms with E-state index < -0.39 is 5.41 Å². The second kappa shape index (κ2) is 6.59. The normalized spacial score (nSPS) is 20.3. The monoisotopic (exact) mass is 442 g/mol. The molecule has 3 amide bonds. The van der Waals surface area contributed by atoms with E-state index in [1.54, 1.807) is 29.2 Å². The van der Waals surface area contributed by atoms with Crippen molar-refractivity contribution in [2.45, 2.75) is 5.41 Å². The van der Waals surface area contributed by atoms with Crippen LogP contribution in [0.15, 0.2) is 60.7 Å². The molecular weight excluding hydrogens is 424 g/mol. The fourth-order valence-corrected chi connectivity index (χ4v) is 5.06. The van der Waals surface area contributed by atoms with Gasteiger partial charge in [0, 0.05) is 30.4 Å². The average Bonchev–Trinajstić information content (AvgIpc) is 3.39. The molecule has 1 spiro atoms. The molecule has 8 nitrogen and oxygen atoms in total. The topological polar surface area (TPSA) is 107 Å². The van der Waals surface area contributed by atoms with Crippen LogP contribution >= 0.6 is 0 Å². The van der Waals surface area contributed by atoms with Crippen LogP contribution in [0, 0.1) is 0 Å². The molecule has 0 fully saturated rings. The number of fused-ring (bicyclic) bond motifs is 5. The van der Waals surface area contributed by atoms with Crippen LogP contribution in [0.5, 0.6) is 17.2 Å². The number of amides is 3. The van der Waals surface area contributed by atoms with Gasteiger partial charge in [0.15, 0.2) is 11.5 Å². The van der Waals surface area contributed by atoms with Gasteiger partial charge >= 0.3 is 0 Å². The number of para-hydroxylation sites is 1. The molecule has 1 atom stereocenters. The van der Waals surface area contributed by atoms with Gasteiger partial charge in [-0.1, -0.05) is 30.3 Å². The summed E-state index contributed by atoms with van der Waals surface area (Å²) in [6.07, 6.45) is 0. The standard InChI is InChI=1S/C25H18N2O6/c28-19-11-17-21(12-20(19)29)33-13-25(17)16-7-3-4-8-18(16)26(24(25)32)9-10-27-22(30)14-5-1-2-6-15(14)23(27)31/h1-8,11-12,28-29H,9-10,13H2. The van der Waals surface area contributed by atoms with Gasteiger partial charge in [0.2, 0.25) is 5.91 Å². The fourth-order valence-electron chi connectivity index (χ4n) is 5.06. The van der Waals surface area contributed by atoms with E-state index >= 15 is 0 Å². The van der Waals surface area contributed by atoms with E-state index in [0.717, 1.165) is 4.90 Å². The zero-order valence-electron chi connectivity index (χ0n) is 17.3. The quantitative estimate of drug-likeness (QED) is 0.477. The summed E-state index contributed by atoms with van der Waals surface area (Å²) in [6, 6.07) is 16.6. The third-order valence-corrected chi connectivity index (χ3v) is 6.67. The molecule has 8 heteroatoms. The van der Waals surface area contributed by atoms with Crippen molar-refractivity contribution in [3.63, 3.8) is 0 Å². The van der Waals surface area contributed by atoms with Crippen LogP contribution in [0.25, 0.3) is 0 Å². The Morgan fingerprint density at radius 1 is 0.788 bits per heavy atom. The predicted molar refractivity (Wildman–Crippen MR) is 117 cm³/mol. The van der Waals surface area contributed by atoms with Crippen molar-refractivity contribution in [3.8, 4) is 17.2 Å². The van der Waals surface area contributed by atoms with E-state index in [1.165, 1.54) is 12.1 Å². The van der Waals surface area contributed by atoms with E-state index in [-0.39, 0.29) is 48.9 Å². The van der Waals surface area contributed by atoms with Gasteiger partial charge in [-0.05, 0) is 29.8 Å². The van der Waals surface area contributed by atoms with Crippen LogP contribution in [-0.4, -0.2) is 52.5 Å². The Hall–Kier alpha value is -4.33. The van der Waals surface area contributed by atoms with Gasteiger partial charge in [0.25, 0.3) is 11.8 Å². The van der Waals surface area contributed by atoms with Crippen LogP contribution in [0.3, 0.4) is 0 Å². The average molecular weight is 442 g/mol. The minimum Gasteiger partial charge on any atom is -0.504 e. The van der Waals surface area contributed by atoms with Crippen molar-refractivity contribution in [1.29, 1.82) is 0 Å². The summed E-state index contributed by atoms with van der Waals surface area (Å²) >= 11 is 0. The highest BCUT2D eigenvalue weighted by molar-refractivity contribution is 6.21. The lowest BCUT2D eigenvalue weighted by Crippen LogP contribution is -2.45. The zero-order valence-corrected chi connectivity index (χ0v) is 17.3. The first-order chi connectivity index (χ1) is 15.9. The first-order valence-electron chi connectivity index (χ1n) is 10.5. The SMILES string of the molecule is O=C1c2ccccc2C(=O)N1CCN1C(=O)C2(COc3cc(O)c(O)cc32)c2ccccc21. The first-order valence-corrected chi connectivity index (χ1v) is 10.5. The van der Waals surface area contributed by atoms with Gasteiger partial charge < -0.3 is 19.8 Å². The Balaban J connectivity index is 1.36. The predicted octanol–water partition coefficient (Wildman–Crippen LogP) is 2.42. The maximum absolute atomic E-state index is 13.8. The molecular formula is C25H18N2O6. The number of nitrogens with zero attached hydrogens (tertiary/aromatic N) is 2. The number of phenolic OH excluding ortho intramolecular Hbond substituents is 2. The van der Waals surface area contributed by atoms with Crippen molar-refractivity contribution in [2.24, 2.45) is 0 Å². The molecule has 164 valence electrons. The zero-order chi connectivity index (χ0) is 22.9. The Morgan fingerprint density at radius 2 is 1.39 bits per heavy atom. The summed E-state index contributed by atoms with van der Waals surface area (Å²) in [7, 11) is 0. The summed E-state index contributed by atoms with van der Waals surface area (Å²) < 4.78 is 5.76. The van der Waals surface area contributed by atoms with Crippen molar-refractivity contribution in [3.05, 3.63) is 82.9 Å². The minimum absolute atomic E-state index is 0.0184. The highest BCUT2D eigenvalue weighted by Crippen LogP contribution is 2.54. The minimum atomic E-state index is -1.18. The van der Waals surface area contributed by atoms with Crippen LogP contribution in [0.2, 0.25) is 0 Å². The summed E-state index contributed by atoms with van der Waals surface area (Å²) in [5, 5.41) is 20.0. The summed E-state index contributed by atoms with van der Waals surface area (Å²) in [5.41, 5.74) is 1.38. The molecule has 3 aromatic rings. The molecule has 33 heavy (non-hydrogen) atoms. The Bertz CT molecular complexity index is 1350. The van der Waals surface area contributed by atoms with Crippen LogP contribution < -0.4 is 9.64 Å². The van der Waals surface area contributed by atoms with Crippen molar-refractivity contribution >= 4 is 23.4 Å². The number of phenols is 2. The molecule has 0 bridgehead atoms. The van der Waals surface area contributed by atoms with Gasteiger partial charge in [0.1, 0.15) is 17.8 Å². The molecule has 0 saturated carbocycles. The third-order valence-electron chi connectivity index (χ3n) is 6.67. The van der Waals surface area contributed by atoms with Crippen LogP contribution in [0.1, 0.15) is 31.8 Å². The molecule has 3 aliphatic heterocycles. The van der Waals surface area contributed by atoms with E-state index in [4.69, 9.17) is 4.74 Å². The van der Waals surface area contributed by atoms with E-state index in [0.29, 0.717) is 33.7 Å². The molecule has 3 heterocycles. The largest absolute Gasteiger partial charge is 0.504 e.